The van der Waals surface area contributed by atoms with E-state index in [0.29, 0.717) is 0 Å². The Bertz CT molecular complexity index is 76.4. The van der Waals surface area contributed by atoms with E-state index in [2.05, 4.69) is 0 Å². The lowest BCUT2D eigenvalue weighted by Crippen LogP contribution is -0.856. The zero-order valence-electron chi connectivity index (χ0n) is 82.0. The van der Waals surface area contributed by atoms with Crippen molar-refractivity contribution in [1.82, 2.24) is 0 Å². The molecule has 0 aliphatic heterocycles. The van der Waals surface area contributed by atoms with Gasteiger partial charge in [0, 0.05) is 31.9 Å². The van der Waals surface area contributed by atoms with Crippen LogP contribution in [-0.4, -0.2) is 0 Å². The molecule has 0 heterocycles. The highest BCUT2D eigenvalue weighted by Crippen LogP contribution is 1.22. The van der Waals surface area contributed by atoms with Crippen LogP contribution in [0.15, 0.2) is 0 Å². The van der Waals surface area contributed by atoms with Gasteiger partial charge in [-0.25, -0.2) is 0 Å². The average molecular weight is 1250 g/mol. The van der Waals surface area contributed by atoms with Crippen LogP contribution in [0.5, 0.6) is 0 Å². The fraction of sp³-hybridized carbons (Fsp3) is 1.00. The van der Waals surface area contributed by atoms with E-state index < -0.39 is 0 Å². The van der Waals surface area contributed by atoms with E-state index in [9.17, 15) is 0 Å². The third-order valence-electron chi connectivity index (χ3n) is 0. The van der Waals surface area contributed by atoms with Crippen LogP contribution in [0.25, 0.3) is 0 Å². The van der Waals surface area contributed by atoms with E-state index in [0.717, 1.165) is 0 Å². The first-order chi connectivity index (χ1) is 41.0. The first kappa shape index (κ1) is 286. The van der Waals surface area contributed by atoms with Crippen LogP contribution >= 0.6 is 0 Å². The highest BCUT2D eigenvalue weighted by molar-refractivity contribution is 3.58. The molecule has 0 fully saturated rings. The van der Waals surface area contributed by atoms with Crippen molar-refractivity contribution >= 4 is 0 Å². The standard InChI is InChI=1S/37C2H6.5CH4.18H2/c37*1-2;;;;;;;;;;;;;;;;;;;;;;;/h37*1-2H3;5*1H4;18*1H/i;;;;;;;;;;;;;;;;;;;;;;;;;;;;;;;;;;;;;;;;;;4*1+1D;14*1+1. The SMILES string of the molecule is C.C.C.C.C.CC.CC.CC.CC.CC.CC.CC.CC.CC.CC.CC.CC.CC.CC.CC.CC.CC.CC.CC.CC.CC.CC.CC.CC.CC.CC.CC.CC.CC.CC.CC.CC.CC.CC.CC.CC.CC.[2HH].[2HH].[2HH].[2HH].[2HH].[2HH].[2HH].[2HH].[2HH].[2HH].[2HH].[2HH].[2HH].[2HH].[2H][2H].[2H][2H].[2H][2H].[2H][2H]. The molecule has 79 heavy (non-hydrogen) atoms. The molecule has 594 valence electrons. The summed E-state index contributed by atoms with van der Waals surface area (Å²) in [6, 6.07) is 0. The predicted molar refractivity (Wildman–Crippen MR) is 492 cm³/mol. The van der Waals surface area contributed by atoms with E-state index in [1.54, 1.807) is 0 Å². The topological polar surface area (TPSA) is 0 Å². The maximum absolute atomic E-state index is 5.00. The van der Waals surface area contributed by atoms with Crippen LogP contribution in [0.3, 0.4) is 0 Å². The van der Waals surface area contributed by atoms with Gasteiger partial charge in [-0.2, -0.15) is 0 Å². The third kappa shape index (κ3) is 0. The summed E-state index contributed by atoms with van der Waals surface area (Å²) < 4.78 is 40.0. The Morgan fingerprint density at radius 1 is 0.0633 bits per heavy atom. The van der Waals surface area contributed by atoms with Crippen LogP contribution < -0.4 is 0 Å². The highest BCUT2D eigenvalue weighted by Gasteiger charge is 1.00. The molecule has 0 amide bonds. The van der Waals surface area contributed by atoms with Gasteiger partial charge >= 0.3 is 0 Å². The maximum atomic E-state index is 5.00. The van der Waals surface area contributed by atoms with Crippen LogP contribution in [0.2, 0.25) is 0 Å². The van der Waals surface area contributed by atoms with Gasteiger partial charge in [-0.1, -0.05) is 549 Å². The van der Waals surface area contributed by atoms with Crippen LogP contribution in [-0.2, 0) is 0 Å². The van der Waals surface area contributed by atoms with Gasteiger partial charge in [0.1, 0.15) is 0 Å². The van der Waals surface area contributed by atoms with Gasteiger partial charge in [0.2, 0.25) is 0 Å². The van der Waals surface area contributed by atoms with Crippen molar-refractivity contribution in [3.8, 4) is 0 Å². The van der Waals surface area contributed by atoms with E-state index in [1.165, 1.54) is 0 Å². The summed E-state index contributed by atoms with van der Waals surface area (Å²) in [5.41, 5.74) is 0. The molecule has 0 radical (unpaired) electrons. The lowest BCUT2D eigenvalue weighted by Gasteiger charge is -1.07. The van der Waals surface area contributed by atoms with Crippen molar-refractivity contribution in [2.24, 2.45) is 0 Å². The molecule has 0 spiro atoms. The Kier molecular flexibility index (Phi) is 0. The Morgan fingerprint density at radius 2 is 0.0633 bits per heavy atom. The first-order valence-electron chi connectivity index (χ1n) is 41.0. The number of rotatable bonds is 0. The molecule has 0 nitrogen and oxygen atoms in total. The van der Waals surface area contributed by atoms with E-state index in [-0.39, 0.29) is 57.1 Å². The fourth-order valence-corrected chi connectivity index (χ4v) is 0. The molecule has 0 unspecified atom stereocenters. The average Bonchev–Trinajstić information content (AvgIpc) is 3.73. The molecule has 0 saturated carbocycles. The van der Waals surface area contributed by atoms with Crippen molar-refractivity contribution in [2.75, 3.05) is 0 Å². The van der Waals surface area contributed by atoms with E-state index in [4.69, 9.17) is 11.9 Å². The molecular formula is C79H278. The summed E-state index contributed by atoms with van der Waals surface area (Å²) in [5.74, 6) is 0. The molecule has 0 aromatic heterocycles. The molecule has 0 aliphatic rings. The Hall–Kier alpha value is 0. The summed E-state index contributed by atoms with van der Waals surface area (Å²) in [7, 11) is 0. The second-order valence-corrected chi connectivity index (χ2v) is 0. The molecule has 0 aromatic carbocycles. The van der Waals surface area contributed by atoms with Gasteiger partial charge < -0.3 is 0 Å². The van der Waals surface area contributed by atoms with Crippen molar-refractivity contribution in [2.45, 2.75) is 549 Å². The Labute approximate surface area is 580 Å². The highest BCUT2D eigenvalue weighted by atomic mass is 13.1. The molecule has 0 heteroatoms. The molecule has 0 bridgehead atoms. The molecule has 0 atom stereocenters. The first-order valence-corrected chi connectivity index (χ1v) is 37.0. The Morgan fingerprint density at radius 3 is 0.0633 bits per heavy atom. The van der Waals surface area contributed by atoms with Gasteiger partial charge in [-0.3, -0.25) is 0 Å². The second-order valence-electron chi connectivity index (χ2n) is 0. The summed E-state index contributed by atoms with van der Waals surface area (Å²) in [6.45, 7) is 148. The summed E-state index contributed by atoms with van der Waals surface area (Å²) in [4.78, 5) is 0. The molecule has 0 saturated heterocycles. The lowest BCUT2D eigenvalue weighted by molar-refractivity contribution is 1.50. The van der Waals surface area contributed by atoms with Crippen molar-refractivity contribution in [1.29, 1.82) is 0 Å². The van der Waals surface area contributed by atoms with Gasteiger partial charge in [-0.05, 0) is 0 Å². The molecule has 0 aromatic rings. The lowest BCUT2D eigenvalue weighted by atomic mass is 11.0. The van der Waals surface area contributed by atoms with Gasteiger partial charge in [-0.15, -0.1) is 0 Å². The molecule has 0 aliphatic carbocycles. The Balaban J connectivity index is -0.00000000293. The second kappa shape index (κ2) is 0. The molecule has 0 N–H and O–H groups in total. The van der Waals surface area contributed by atoms with E-state index >= 15 is 0 Å². The summed E-state index contributed by atoms with van der Waals surface area (Å²) in [6.07, 6.45) is 0. The van der Waals surface area contributed by atoms with Crippen LogP contribution in [0.1, 0.15) is 581 Å². The normalized spacial score (nSPS) is 3.22. The maximum Gasteiger partial charge on any atom is 0 e. The largest absolute Gasteiger partial charge is 0.0776 e. The monoisotopic (exact) mass is 1250 g/mol. The van der Waals surface area contributed by atoms with Gasteiger partial charge in [0.15, 0.2) is 0 Å². The smallest absolute Gasteiger partial charge is 0 e. The summed E-state index contributed by atoms with van der Waals surface area (Å²) >= 11 is 0. The van der Waals surface area contributed by atoms with E-state index in [1.807, 2.05) is 512 Å². The van der Waals surface area contributed by atoms with Gasteiger partial charge in [0.05, 0.1) is 0 Å². The van der Waals surface area contributed by atoms with Gasteiger partial charge in [0.25, 0.3) is 0 Å². The number of hydrogen-bond acceptors (Lipinski definition) is 0. The number of hydrogen-bond donors (Lipinski definition) is 0. The minimum absolute atomic E-state index is 0. The van der Waals surface area contributed by atoms with Crippen molar-refractivity contribution < 1.29 is 31.9 Å². The van der Waals surface area contributed by atoms with Crippen molar-refractivity contribution in [3.63, 3.8) is 0 Å². The fourth-order valence-electron chi connectivity index (χ4n) is 0. The third-order valence-corrected chi connectivity index (χ3v) is 0. The predicted octanol–water partition coefficient (Wildman–Crippen LogP) is 45.6. The molecule has 0 rings (SSSR count). The molecular weight excluding hydrogens is 949 g/mol. The quantitative estimate of drug-likeness (QED) is 0.227. The zero-order valence-corrected chi connectivity index (χ0v) is 74.0. The summed E-state index contributed by atoms with van der Waals surface area (Å²) in [5, 5.41) is 0. The van der Waals surface area contributed by atoms with Crippen LogP contribution in [0.4, 0.5) is 0 Å². The minimum Gasteiger partial charge on any atom is -0.0776 e. The zero-order chi connectivity index (χ0) is 82.0. The minimum atomic E-state index is 0. The van der Waals surface area contributed by atoms with Crippen LogP contribution in [0, 0.1) is 0 Å². The van der Waals surface area contributed by atoms with Crippen molar-refractivity contribution in [3.05, 3.63) is 0 Å².